The van der Waals surface area contributed by atoms with E-state index in [2.05, 4.69) is 5.32 Å². The number of likely N-dealkylation sites (tertiary alicyclic amines) is 1. The van der Waals surface area contributed by atoms with Crippen molar-refractivity contribution < 1.29 is 32.3 Å². The Kier molecular flexibility index (Phi) is 6.30. The molecule has 1 unspecified atom stereocenters. The standard InChI is InChI=1S/C15H24F3N3O4/c1-13(2,3)25-12(24)21-7-5-6-14(9-21,8-10(22)19-4)20-11(23)15(16,17)18/h5-9H2,1-4H3,(H,19,22)(H,20,23). The highest BCUT2D eigenvalue weighted by Gasteiger charge is 2.47. The van der Waals surface area contributed by atoms with Crippen LogP contribution in [-0.4, -0.2) is 60.3 Å². The Balaban J connectivity index is 3.00. The van der Waals surface area contributed by atoms with Crippen molar-refractivity contribution in [1.82, 2.24) is 15.5 Å². The number of amides is 3. The van der Waals surface area contributed by atoms with Crippen LogP contribution in [0.2, 0.25) is 0 Å². The molecule has 0 saturated carbocycles. The van der Waals surface area contributed by atoms with Gasteiger partial charge in [0.25, 0.3) is 0 Å². The molecule has 144 valence electrons. The summed E-state index contributed by atoms with van der Waals surface area (Å²) < 4.78 is 43.2. The molecule has 1 saturated heterocycles. The Morgan fingerprint density at radius 2 is 1.80 bits per heavy atom. The number of alkyl halides is 3. The van der Waals surface area contributed by atoms with E-state index in [4.69, 9.17) is 4.74 Å². The molecule has 1 heterocycles. The van der Waals surface area contributed by atoms with Gasteiger partial charge in [-0.3, -0.25) is 9.59 Å². The largest absolute Gasteiger partial charge is 0.471 e. The number of carbonyl (C=O) groups excluding carboxylic acids is 3. The second-order valence-electron chi connectivity index (χ2n) is 7.09. The van der Waals surface area contributed by atoms with Crippen molar-refractivity contribution in [3.05, 3.63) is 0 Å². The molecule has 0 aromatic heterocycles. The molecule has 1 rings (SSSR count). The van der Waals surface area contributed by atoms with Gasteiger partial charge in [-0.2, -0.15) is 13.2 Å². The topological polar surface area (TPSA) is 87.7 Å². The van der Waals surface area contributed by atoms with Crippen LogP contribution in [0.1, 0.15) is 40.0 Å². The molecule has 0 aliphatic carbocycles. The van der Waals surface area contributed by atoms with Crippen LogP contribution in [0.15, 0.2) is 0 Å². The van der Waals surface area contributed by atoms with Gasteiger partial charge < -0.3 is 20.3 Å². The summed E-state index contributed by atoms with van der Waals surface area (Å²) in [5, 5.41) is 4.24. The third-order valence-corrected chi connectivity index (χ3v) is 3.64. The number of halogens is 3. The number of piperidine rings is 1. The van der Waals surface area contributed by atoms with Gasteiger partial charge in [0.2, 0.25) is 5.91 Å². The molecular weight excluding hydrogens is 343 g/mol. The number of nitrogens with one attached hydrogen (secondary N) is 2. The fraction of sp³-hybridized carbons (Fsp3) is 0.800. The van der Waals surface area contributed by atoms with Gasteiger partial charge in [0.1, 0.15) is 5.60 Å². The summed E-state index contributed by atoms with van der Waals surface area (Å²) in [6.07, 6.45) is -5.68. The molecule has 2 N–H and O–H groups in total. The zero-order valence-corrected chi connectivity index (χ0v) is 14.7. The summed E-state index contributed by atoms with van der Waals surface area (Å²) in [6.45, 7) is 5.03. The Hall–Kier alpha value is -2.00. The molecular formula is C15H24F3N3O4. The lowest BCUT2D eigenvalue weighted by atomic mass is 9.85. The van der Waals surface area contributed by atoms with Crippen LogP contribution in [0, 0.1) is 0 Å². The van der Waals surface area contributed by atoms with E-state index in [1.807, 2.05) is 5.32 Å². The van der Waals surface area contributed by atoms with Crippen molar-refractivity contribution >= 4 is 17.9 Å². The summed E-state index contributed by atoms with van der Waals surface area (Å²) in [6, 6.07) is 0. The maximum atomic E-state index is 12.7. The molecule has 0 radical (unpaired) electrons. The minimum Gasteiger partial charge on any atom is -0.444 e. The van der Waals surface area contributed by atoms with E-state index < -0.39 is 35.2 Å². The van der Waals surface area contributed by atoms with Crippen LogP contribution in [-0.2, 0) is 14.3 Å². The van der Waals surface area contributed by atoms with E-state index in [-0.39, 0.29) is 25.9 Å². The molecule has 1 aliphatic heterocycles. The molecule has 25 heavy (non-hydrogen) atoms. The molecule has 0 aromatic rings. The molecule has 0 spiro atoms. The lowest BCUT2D eigenvalue weighted by Gasteiger charge is -2.43. The van der Waals surface area contributed by atoms with E-state index in [0.717, 1.165) is 0 Å². The highest BCUT2D eigenvalue weighted by molar-refractivity contribution is 5.84. The fourth-order valence-electron chi connectivity index (χ4n) is 2.61. The molecule has 10 heteroatoms. The Bertz CT molecular complexity index is 531. The minimum absolute atomic E-state index is 0.140. The van der Waals surface area contributed by atoms with E-state index in [1.165, 1.54) is 11.9 Å². The SMILES string of the molecule is CNC(=O)CC1(NC(=O)C(F)(F)F)CCCN(C(=O)OC(C)(C)C)C1. The molecule has 0 aromatic carbocycles. The van der Waals surface area contributed by atoms with E-state index in [0.29, 0.717) is 6.42 Å². The monoisotopic (exact) mass is 367 g/mol. The first-order valence-electron chi connectivity index (χ1n) is 7.86. The molecule has 0 bridgehead atoms. The zero-order valence-electron chi connectivity index (χ0n) is 14.7. The van der Waals surface area contributed by atoms with Gasteiger partial charge in [0.05, 0.1) is 12.0 Å². The molecule has 1 atom stereocenters. The predicted octanol–water partition coefficient (Wildman–Crippen LogP) is 1.57. The number of nitrogens with zero attached hydrogens (tertiary/aromatic N) is 1. The van der Waals surface area contributed by atoms with Gasteiger partial charge in [-0.05, 0) is 33.6 Å². The van der Waals surface area contributed by atoms with Gasteiger partial charge in [0.15, 0.2) is 0 Å². The number of ether oxygens (including phenoxy) is 1. The van der Waals surface area contributed by atoms with Crippen LogP contribution in [0.25, 0.3) is 0 Å². The molecule has 3 amide bonds. The third kappa shape index (κ3) is 6.43. The van der Waals surface area contributed by atoms with Gasteiger partial charge in [0, 0.05) is 20.1 Å². The summed E-state index contributed by atoms with van der Waals surface area (Å²) in [4.78, 5) is 36.6. The quantitative estimate of drug-likeness (QED) is 0.793. The van der Waals surface area contributed by atoms with E-state index in [1.54, 1.807) is 20.8 Å². The number of hydrogen-bond donors (Lipinski definition) is 2. The maximum absolute atomic E-state index is 12.7. The Morgan fingerprint density at radius 3 is 2.28 bits per heavy atom. The highest BCUT2D eigenvalue weighted by Crippen LogP contribution is 2.28. The number of carbonyl (C=O) groups is 3. The van der Waals surface area contributed by atoms with Gasteiger partial charge in [-0.25, -0.2) is 4.79 Å². The highest BCUT2D eigenvalue weighted by atomic mass is 19.4. The van der Waals surface area contributed by atoms with Crippen molar-refractivity contribution in [1.29, 1.82) is 0 Å². The second-order valence-corrected chi connectivity index (χ2v) is 7.09. The van der Waals surface area contributed by atoms with Crippen molar-refractivity contribution in [2.75, 3.05) is 20.1 Å². The van der Waals surface area contributed by atoms with E-state index >= 15 is 0 Å². The minimum atomic E-state index is -5.08. The number of hydrogen-bond acceptors (Lipinski definition) is 4. The number of rotatable bonds is 3. The summed E-state index contributed by atoms with van der Waals surface area (Å²) in [7, 11) is 1.34. The van der Waals surface area contributed by atoms with Crippen molar-refractivity contribution in [2.24, 2.45) is 0 Å². The van der Waals surface area contributed by atoms with Crippen LogP contribution in [0.5, 0.6) is 0 Å². The van der Waals surface area contributed by atoms with Crippen molar-refractivity contribution in [3.63, 3.8) is 0 Å². The van der Waals surface area contributed by atoms with Gasteiger partial charge in [-0.15, -0.1) is 0 Å². The molecule has 7 nitrogen and oxygen atoms in total. The maximum Gasteiger partial charge on any atom is 0.471 e. The smallest absolute Gasteiger partial charge is 0.444 e. The lowest BCUT2D eigenvalue weighted by Crippen LogP contribution is -2.63. The normalized spacial score (nSPS) is 21.5. The van der Waals surface area contributed by atoms with Crippen LogP contribution >= 0.6 is 0 Å². The van der Waals surface area contributed by atoms with Crippen LogP contribution in [0.4, 0.5) is 18.0 Å². The Labute approximate surface area is 144 Å². The first-order valence-corrected chi connectivity index (χ1v) is 7.86. The average Bonchev–Trinajstić information content (AvgIpc) is 2.44. The summed E-state index contributed by atoms with van der Waals surface area (Å²) in [5.74, 6) is -2.67. The second kappa shape index (κ2) is 7.49. The van der Waals surface area contributed by atoms with Crippen molar-refractivity contribution in [3.8, 4) is 0 Å². The van der Waals surface area contributed by atoms with Gasteiger partial charge >= 0.3 is 18.2 Å². The van der Waals surface area contributed by atoms with Gasteiger partial charge in [-0.1, -0.05) is 0 Å². The predicted molar refractivity (Wildman–Crippen MR) is 82.7 cm³/mol. The first-order chi connectivity index (χ1) is 11.3. The fourth-order valence-corrected chi connectivity index (χ4v) is 2.61. The summed E-state index contributed by atoms with van der Waals surface area (Å²) in [5.41, 5.74) is -2.27. The summed E-state index contributed by atoms with van der Waals surface area (Å²) >= 11 is 0. The average molecular weight is 367 g/mol. The Morgan fingerprint density at radius 1 is 1.20 bits per heavy atom. The van der Waals surface area contributed by atoms with E-state index in [9.17, 15) is 27.6 Å². The van der Waals surface area contributed by atoms with Crippen molar-refractivity contribution in [2.45, 2.75) is 57.3 Å². The zero-order chi connectivity index (χ0) is 19.5. The van der Waals surface area contributed by atoms with Crippen LogP contribution < -0.4 is 10.6 Å². The third-order valence-electron chi connectivity index (χ3n) is 3.64. The first kappa shape index (κ1) is 21.0. The molecule has 1 aliphatic rings. The lowest BCUT2D eigenvalue weighted by molar-refractivity contribution is -0.176. The van der Waals surface area contributed by atoms with Crippen LogP contribution in [0.3, 0.4) is 0 Å². The molecule has 1 fully saturated rings.